The summed E-state index contributed by atoms with van der Waals surface area (Å²) in [5.74, 6) is 0.105. The Kier molecular flexibility index (Phi) is 8.69. The molecule has 0 unspecified atom stereocenters. The normalized spacial score (nSPS) is 10.4. The van der Waals surface area contributed by atoms with Gasteiger partial charge in [0.15, 0.2) is 5.78 Å². The predicted octanol–water partition coefficient (Wildman–Crippen LogP) is 5.96. The molecule has 0 aromatic heterocycles. The number of Topliss-reactive ketones (excluding diaryl/α,β-unsaturated/α-hetero) is 1. The Bertz CT molecular complexity index is 391. The van der Waals surface area contributed by atoms with E-state index in [2.05, 4.69) is 13.5 Å². The van der Waals surface area contributed by atoms with E-state index in [4.69, 9.17) is 0 Å². The lowest BCUT2D eigenvalue weighted by Gasteiger charge is -2.05. The van der Waals surface area contributed by atoms with Crippen molar-refractivity contribution in [1.29, 1.82) is 0 Å². The fourth-order valence-electron chi connectivity index (χ4n) is 2.38. The highest BCUT2D eigenvalue weighted by atomic mass is 16.1. The third kappa shape index (κ3) is 6.70. The van der Waals surface area contributed by atoms with Crippen LogP contribution < -0.4 is 0 Å². The molecular formula is C19H28O. The molecule has 1 aromatic rings. The lowest BCUT2D eigenvalue weighted by molar-refractivity contribution is 0.103. The molecule has 0 saturated heterocycles. The third-order valence-corrected chi connectivity index (χ3v) is 3.69. The Morgan fingerprint density at radius 2 is 1.45 bits per heavy atom. The molecule has 20 heavy (non-hydrogen) atoms. The predicted molar refractivity (Wildman–Crippen MR) is 87.1 cm³/mol. The van der Waals surface area contributed by atoms with Gasteiger partial charge in [-0.05, 0) is 18.4 Å². The first-order valence-corrected chi connectivity index (χ1v) is 8.03. The molecule has 0 aliphatic heterocycles. The molecule has 1 aromatic carbocycles. The summed E-state index contributed by atoms with van der Waals surface area (Å²) in [4.78, 5) is 12.1. The monoisotopic (exact) mass is 272 g/mol. The van der Waals surface area contributed by atoms with Crippen LogP contribution in [0.4, 0.5) is 0 Å². The molecule has 0 N–H and O–H groups in total. The van der Waals surface area contributed by atoms with Gasteiger partial charge in [0, 0.05) is 5.56 Å². The second kappa shape index (κ2) is 10.4. The molecule has 0 amide bonds. The van der Waals surface area contributed by atoms with Crippen LogP contribution in [0.2, 0.25) is 0 Å². The average Bonchev–Trinajstić information content (AvgIpc) is 2.50. The molecular weight excluding hydrogens is 244 g/mol. The van der Waals surface area contributed by atoms with E-state index in [0.29, 0.717) is 0 Å². The maximum absolute atomic E-state index is 12.1. The molecule has 110 valence electrons. The van der Waals surface area contributed by atoms with Crippen LogP contribution in [0, 0.1) is 0 Å². The Morgan fingerprint density at radius 3 is 2.05 bits per heavy atom. The van der Waals surface area contributed by atoms with Gasteiger partial charge in [-0.15, -0.1) is 0 Å². The molecule has 0 aliphatic rings. The Balaban J connectivity index is 2.10. The zero-order chi connectivity index (χ0) is 14.6. The number of carbonyl (C=O) groups is 1. The second-order valence-electron chi connectivity index (χ2n) is 5.52. The smallest absolute Gasteiger partial charge is 0.188 e. The summed E-state index contributed by atoms with van der Waals surface area (Å²) in [5.41, 5.74) is 1.51. The number of allylic oxidation sites excluding steroid dienone is 1. The Hall–Kier alpha value is -1.37. The van der Waals surface area contributed by atoms with Gasteiger partial charge in [-0.1, -0.05) is 88.8 Å². The van der Waals surface area contributed by atoms with Gasteiger partial charge >= 0.3 is 0 Å². The van der Waals surface area contributed by atoms with Crippen LogP contribution in [0.15, 0.2) is 42.5 Å². The van der Waals surface area contributed by atoms with Crippen molar-refractivity contribution in [3.05, 3.63) is 48.0 Å². The minimum Gasteiger partial charge on any atom is -0.289 e. The highest BCUT2D eigenvalue weighted by Crippen LogP contribution is 2.15. The molecule has 0 spiro atoms. The number of unbranched alkanes of at least 4 members (excludes halogenated alkanes) is 7. The number of carbonyl (C=O) groups excluding carboxylic acids is 1. The van der Waals surface area contributed by atoms with Crippen LogP contribution in [0.25, 0.3) is 0 Å². The van der Waals surface area contributed by atoms with Gasteiger partial charge in [0.05, 0.1) is 0 Å². The quantitative estimate of drug-likeness (QED) is 0.276. The summed E-state index contributed by atoms with van der Waals surface area (Å²) in [7, 11) is 0. The van der Waals surface area contributed by atoms with Gasteiger partial charge in [0.25, 0.3) is 0 Å². The first-order chi connectivity index (χ1) is 9.75. The van der Waals surface area contributed by atoms with Gasteiger partial charge in [0.1, 0.15) is 0 Å². The fraction of sp³-hybridized carbons (Fsp3) is 0.526. The highest BCUT2D eigenvalue weighted by molar-refractivity contribution is 6.08. The van der Waals surface area contributed by atoms with Gasteiger partial charge in [-0.25, -0.2) is 0 Å². The first kappa shape index (κ1) is 16.7. The van der Waals surface area contributed by atoms with Crippen LogP contribution in [0.5, 0.6) is 0 Å². The van der Waals surface area contributed by atoms with Gasteiger partial charge in [0.2, 0.25) is 0 Å². The Labute approximate surface area is 124 Å². The van der Waals surface area contributed by atoms with Gasteiger partial charge in [-0.3, -0.25) is 4.79 Å². The van der Waals surface area contributed by atoms with Crippen molar-refractivity contribution in [2.24, 2.45) is 0 Å². The topological polar surface area (TPSA) is 17.1 Å². The number of ketones is 1. The molecule has 0 radical (unpaired) electrons. The fourth-order valence-corrected chi connectivity index (χ4v) is 2.38. The van der Waals surface area contributed by atoms with Crippen LogP contribution in [-0.2, 0) is 0 Å². The maximum Gasteiger partial charge on any atom is 0.188 e. The van der Waals surface area contributed by atoms with Crippen LogP contribution in [0.1, 0.15) is 75.1 Å². The van der Waals surface area contributed by atoms with Gasteiger partial charge < -0.3 is 0 Å². The summed E-state index contributed by atoms with van der Waals surface area (Å²) in [5, 5.41) is 0. The summed E-state index contributed by atoms with van der Waals surface area (Å²) in [6, 6.07) is 9.45. The SMILES string of the molecule is C=C(CCCCCCCCCC)C(=O)c1ccccc1. The molecule has 0 saturated carbocycles. The van der Waals surface area contributed by atoms with E-state index < -0.39 is 0 Å². The van der Waals surface area contributed by atoms with E-state index >= 15 is 0 Å². The number of benzene rings is 1. The number of hydrogen-bond acceptors (Lipinski definition) is 1. The van der Waals surface area contributed by atoms with E-state index in [-0.39, 0.29) is 5.78 Å². The molecule has 1 nitrogen and oxygen atoms in total. The first-order valence-electron chi connectivity index (χ1n) is 8.03. The maximum atomic E-state index is 12.1. The average molecular weight is 272 g/mol. The lowest BCUT2D eigenvalue weighted by Crippen LogP contribution is -2.02. The van der Waals surface area contributed by atoms with E-state index in [1.807, 2.05) is 30.3 Å². The lowest BCUT2D eigenvalue weighted by atomic mass is 9.99. The third-order valence-electron chi connectivity index (χ3n) is 3.69. The summed E-state index contributed by atoms with van der Waals surface area (Å²) in [6.45, 7) is 6.19. The molecule has 1 heteroatoms. The number of hydrogen-bond donors (Lipinski definition) is 0. The van der Waals surface area contributed by atoms with E-state index in [1.165, 1.54) is 44.9 Å². The van der Waals surface area contributed by atoms with Crippen molar-refractivity contribution in [3.8, 4) is 0 Å². The standard InChI is InChI=1S/C19H28O/c1-3-4-5-6-7-8-9-11-14-17(2)19(20)18-15-12-10-13-16-18/h10,12-13,15-16H,2-9,11,14H2,1H3. The second-order valence-corrected chi connectivity index (χ2v) is 5.52. The van der Waals surface area contributed by atoms with E-state index in [9.17, 15) is 4.79 Å². The van der Waals surface area contributed by atoms with Crippen LogP contribution in [0.3, 0.4) is 0 Å². The van der Waals surface area contributed by atoms with Crippen molar-refractivity contribution < 1.29 is 4.79 Å². The van der Waals surface area contributed by atoms with Gasteiger partial charge in [-0.2, -0.15) is 0 Å². The summed E-state index contributed by atoms with van der Waals surface area (Å²) < 4.78 is 0. The van der Waals surface area contributed by atoms with Crippen molar-refractivity contribution in [2.75, 3.05) is 0 Å². The van der Waals surface area contributed by atoms with Crippen molar-refractivity contribution >= 4 is 5.78 Å². The van der Waals surface area contributed by atoms with Crippen LogP contribution >= 0.6 is 0 Å². The zero-order valence-corrected chi connectivity index (χ0v) is 12.9. The molecule has 0 atom stereocenters. The number of rotatable bonds is 11. The van der Waals surface area contributed by atoms with E-state index in [0.717, 1.165) is 24.0 Å². The van der Waals surface area contributed by atoms with Crippen molar-refractivity contribution in [3.63, 3.8) is 0 Å². The molecule has 0 heterocycles. The van der Waals surface area contributed by atoms with Crippen molar-refractivity contribution in [2.45, 2.75) is 64.7 Å². The minimum absolute atomic E-state index is 0.105. The molecule has 1 rings (SSSR count). The summed E-state index contributed by atoms with van der Waals surface area (Å²) >= 11 is 0. The van der Waals surface area contributed by atoms with E-state index in [1.54, 1.807) is 0 Å². The largest absolute Gasteiger partial charge is 0.289 e. The molecule has 0 fully saturated rings. The highest BCUT2D eigenvalue weighted by Gasteiger charge is 2.08. The Morgan fingerprint density at radius 1 is 0.900 bits per heavy atom. The minimum atomic E-state index is 0.105. The molecule has 0 bridgehead atoms. The van der Waals surface area contributed by atoms with Crippen molar-refractivity contribution in [1.82, 2.24) is 0 Å². The summed E-state index contributed by atoms with van der Waals surface area (Å²) in [6.07, 6.45) is 11.2. The molecule has 0 aliphatic carbocycles. The zero-order valence-electron chi connectivity index (χ0n) is 12.9. The van der Waals surface area contributed by atoms with Crippen LogP contribution in [-0.4, -0.2) is 5.78 Å².